The van der Waals surface area contributed by atoms with Crippen molar-refractivity contribution in [3.8, 4) is 0 Å². The maximum absolute atomic E-state index is 5.06. The fourth-order valence-electron chi connectivity index (χ4n) is 1.58. The first-order chi connectivity index (χ1) is 7.38. The van der Waals surface area contributed by atoms with Crippen LogP contribution in [0.3, 0.4) is 0 Å². The van der Waals surface area contributed by atoms with Gasteiger partial charge < -0.3 is 11.5 Å². The van der Waals surface area contributed by atoms with E-state index in [1.165, 1.54) is 24.8 Å². The molecule has 0 atom stereocenters. The molecule has 0 unspecified atom stereocenters. The van der Waals surface area contributed by atoms with Crippen LogP contribution in [0.4, 0.5) is 0 Å². The van der Waals surface area contributed by atoms with Crippen molar-refractivity contribution in [1.29, 1.82) is 0 Å². The minimum absolute atomic E-state index is 0.719. The molecule has 4 N–H and O–H groups in total. The van der Waals surface area contributed by atoms with Crippen molar-refractivity contribution >= 4 is 0 Å². The summed E-state index contributed by atoms with van der Waals surface area (Å²) in [6, 6.07) is 10.8. The lowest BCUT2D eigenvalue weighted by atomic mass is 9.80. The smallest absolute Gasteiger partial charge is 0.00653 e. The van der Waals surface area contributed by atoms with E-state index in [4.69, 9.17) is 11.5 Å². The highest BCUT2D eigenvalue weighted by atomic mass is 14.6. The summed E-state index contributed by atoms with van der Waals surface area (Å²) in [5.41, 5.74) is 11.7. The lowest BCUT2D eigenvalue weighted by molar-refractivity contribution is 0.420. The van der Waals surface area contributed by atoms with E-state index in [-0.39, 0.29) is 0 Å². The normalized spacial score (nSPS) is 15.1. The van der Waals surface area contributed by atoms with Crippen LogP contribution in [0.5, 0.6) is 0 Å². The van der Waals surface area contributed by atoms with Gasteiger partial charge in [0.25, 0.3) is 0 Å². The summed E-state index contributed by atoms with van der Waals surface area (Å²) in [6.45, 7) is 1.44. The van der Waals surface area contributed by atoms with Gasteiger partial charge >= 0.3 is 0 Å². The van der Waals surface area contributed by atoms with Crippen molar-refractivity contribution in [1.82, 2.24) is 0 Å². The van der Waals surface area contributed by atoms with E-state index in [0.29, 0.717) is 0 Å². The molecule has 2 nitrogen and oxygen atoms in total. The molecule has 1 aliphatic carbocycles. The van der Waals surface area contributed by atoms with E-state index < -0.39 is 0 Å². The highest BCUT2D eigenvalue weighted by Crippen LogP contribution is 2.35. The van der Waals surface area contributed by atoms with Crippen LogP contribution in [0.1, 0.15) is 37.2 Å². The molecule has 15 heavy (non-hydrogen) atoms. The summed E-state index contributed by atoms with van der Waals surface area (Å²) in [4.78, 5) is 0. The van der Waals surface area contributed by atoms with Crippen molar-refractivity contribution < 1.29 is 0 Å². The number of rotatable bonds is 3. The van der Waals surface area contributed by atoms with E-state index in [1.54, 1.807) is 0 Å². The van der Waals surface area contributed by atoms with Crippen LogP contribution in [0.2, 0.25) is 0 Å². The lowest BCUT2D eigenvalue weighted by Gasteiger charge is -2.25. The quantitative estimate of drug-likeness (QED) is 0.797. The second-order valence-corrected chi connectivity index (χ2v) is 3.97. The molecule has 0 amide bonds. The van der Waals surface area contributed by atoms with E-state index in [0.717, 1.165) is 25.4 Å². The highest BCUT2D eigenvalue weighted by Gasteiger charge is 2.18. The van der Waals surface area contributed by atoms with Gasteiger partial charge in [-0.15, -0.1) is 0 Å². The molecule has 0 aliphatic heterocycles. The Morgan fingerprint density at radius 1 is 1.00 bits per heavy atom. The average molecular weight is 206 g/mol. The third kappa shape index (κ3) is 4.45. The van der Waals surface area contributed by atoms with Crippen LogP contribution >= 0.6 is 0 Å². The fourth-order valence-corrected chi connectivity index (χ4v) is 1.58. The Morgan fingerprint density at radius 3 is 1.93 bits per heavy atom. The summed E-state index contributed by atoms with van der Waals surface area (Å²) in [5, 5.41) is 0. The molecule has 0 saturated heterocycles. The standard InChI is InChI=1S/C10H12.C3H10N2/c1-2-5-9(6-3-1)10-7-4-8-10;4-2-1-3-5/h1-3,5-6,10H,4,7-8H2;1-5H2. The molecule has 0 spiro atoms. The van der Waals surface area contributed by atoms with Crippen LogP contribution in [-0.4, -0.2) is 13.1 Å². The van der Waals surface area contributed by atoms with Crippen molar-refractivity contribution in [2.24, 2.45) is 11.5 Å². The van der Waals surface area contributed by atoms with Gasteiger partial charge in [-0.2, -0.15) is 0 Å². The van der Waals surface area contributed by atoms with Gasteiger partial charge in [0.15, 0.2) is 0 Å². The van der Waals surface area contributed by atoms with Crippen LogP contribution in [0.25, 0.3) is 0 Å². The van der Waals surface area contributed by atoms with E-state index in [9.17, 15) is 0 Å². The Morgan fingerprint density at radius 2 is 1.60 bits per heavy atom. The zero-order valence-corrected chi connectivity index (χ0v) is 9.36. The molecule has 0 heterocycles. The Balaban J connectivity index is 0.000000195. The Labute approximate surface area is 92.7 Å². The SMILES string of the molecule is NCCCN.c1ccc(C2CCC2)cc1. The number of nitrogens with two attached hydrogens (primary N) is 2. The molecule has 1 aromatic carbocycles. The Kier molecular flexibility index (Phi) is 6.05. The Hall–Kier alpha value is -0.860. The maximum atomic E-state index is 5.06. The maximum Gasteiger partial charge on any atom is -0.00653 e. The van der Waals surface area contributed by atoms with Gasteiger partial charge in [-0.1, -0.05) is 36.8 Å². The fraction of sp³-hybridized carbons (Fsp3) is 0.538. The van der Waals surface area contributed by atoms with Crippen molar-refractivity contribution in [3.63, 3.8) is 0 Å². The van der Waals surface area contributed by atoms with Gasteiger partial charge in [0.2, 0.25) is 0 Å². The third-order valence-electron chi connectivity index (χ3n) is 2.78. The van der Waals surface area contributed by atoms with Gasteiger partial charge in [-0.3, -0.25) is 0 Å². The number of benzene rings is 1. The summed E-state index contributed by atoms with van der Waals surface area (Å²) in [5.74, 6) is 0.890. The van der Waals surface area contributed by atoms with Gasteiger partial charge in [-0.05, 0) is 43.8 Å². The molecule has 0 radical (unpaired) electrons. The molecule has 2 heteroatoms. The van der Waals surface area contributed by atoms with E-state index in [1.807, 2.05) is 0 Å². The minimum atomic E-state index is 0.719. The van der Waals surface area contributed by atoms with Crippen LogP contribution in [0, 0.1) is 0 Å². The van der Waals surface area contributed by atoms with E-state index >= 15 is 0 Å². The minimum Gasteiger partial charge on any atom is -0.330 e. The summed E-state index contributed by atoms with van der Waals surface area (Å²) in [6.07, 6.45) is 5.19. The zero-order chi connectivity index (χ0) is 10.9. The molecular formula is C13H22N2. The molecule has 1 saturated carbocycles. The second kappa shape index (κ2) is 7.43. The molecular weight excluding hydrogens is 184 g/mol. The van der Waals surface area contributed by atoms with Gasteiger partial charge in [0, 0.05) is 0 Å². The van der Waals surface area contributed by atoms with Gasteiger partial charge in [0.05, 0.1) is 0 Å². The van der Waals surface area contributed by atoms with E-state index in [2.05, 4.69) is 30.3 Å². The average Bonchev–Trinajstić information content (AvgIpc) is 2.19. The molecule has 0 bridgehead atoms. The first-order valence-electron chi connectivity index (χ1n) is 5.83. The summed E-state index contributed by atoms with van der Waals surface area (Å²) >= 11 is 0. The largest absolute Gasteiger partial charge is 0.330 e. The number of hydrogen-bond donors (Lipinski definition) is 2. The van der Waals surface area contributed by atoms with Crippen molar-refractivity contribution in [3.05, 3.63) is 35.9 Å². The Bertz CT molecular complexity index is 240. The van der Waals surface area contributed by atoms with Crippen molar-refractivity contribution in [2.75, 3.05) is 13.1 Å². The topological polar surface area (TPSA) is 52.0 Å². The molecule has 1 aliphatic rings. The van der Waals surface area contributed by atoms with Crippen LogP contribution in [0.15, 0.2) is 30.3 Å². The predicted molar refractivity (Wildman–Crippen MR) is 65.8 cm³/mol. The zero-order valence-electron chi connectivity index (χ0n) is 9.36. The third-order valence-corrected chi connectivity index (χ3v) is 2.78. The monoisotopic (exact) mass is 206 g/mol. The highest BCUT2D eigenvalue weighted by molar-refractivity contribution is 5.20. The van der Waals surface area contributed by atoms with Gasteiger partial charge in [-0.25, -0.2) is 0 Å². The molecule has 1 aromatic rings. The first kappa shape index (κ1) is 12.2. The lowest BCUT2D eigenvalue weighted by Crippen LogP contribution is -2.07. The number of hydrogen-bond acceptors (Lipinski definition) is 2. The molecule has 84 valence electrons. The van der Waals surface area contributed by atoms with Gasteiger partial charge in [0.1, 0.15) is 0 Å². The van der Waals surface area contributed by atoms with Crippen LogP contribution in [-0.2, 0) is 0 Å². The summed E-state index contributed by atoms with van der Waals surface area (Å²) in [7, 11) is 0. The first-order valence-corrected chi connectivity index (χ1v) is 5.83. The van der Waals surface area contributed by atoms with Crippen molar-refractivity contribution in [2.45, 2.75) is 31.6 Å². The second-order valence-electron chi connectivity index (χ2n) is 3.97. The molecule has 0 aromatic heterocycles. The molecule has 2 rings (SSSR count). The molecule has 1 fully saturated rings. The van der Waals surface area contributed by atoms with Crippen LogP contribution < -0.4 is 11.5 Å². The summed E-state index contributed by atoms with van der Waals surface area (Å²) < 4.78 is 0. The predicted octanol–water partition coefficient (Wildman–Crippen LogP) is 2.25.